The summed E-state index contributed by atoms with van der Waals surface area (Å²) in [5.74, 6) is 0. The fourth-order valence-corrected chi connectivity index (χ4v) is 11.6. The van der Waals surface area contributed by atoms with Crippen molar-refractivity contribution in [3.8, 4) is 0 Å². The van der Waals surface area contributed by atoms with E-state index in [9.17, 15) is 0 Å². The second-order valence-corrected chi connectivity index (χ2v) is 16.7. The second-order valence-electron chi connectivity index (χ2n) is 12.3. The number of pyridine rings is 1. The SMILES string of the molecule is S=P(c1ccc2ccccc2c1)(c1ccc2ccc3ccccc3c2c1)c1cccc2c3ccccc3n3c4ccccc4nc3c12. The predicted molar refractivity (Wildman–Crippen MR) is 206 cm³/mol. The van der Waals surface area contributed by atoms with Gasteiger partial charge in [0.05, 0.1) is 16.6 Å². The lowest BCUT2D eigenvalue weighted by molar-refractivity contribution is 1.32. The average molecular weight is 635 g/mol. The normalized spacial score (nSPS) is 13.4. The van der Waals surface area contributed by atoms with Crippen molar-refractivity contribution in [2.45, 2.75) is 0 Å². The lowest BCUT2D eigenvalue weighted by atomic mass is 10.0. The molecule has 0 bridgehead atoms. The third-order valence-corrected chi connectivity index (χ3v) is 14.7. The van der Waals surface area contributed by atoms with Gasteiger partial charge in [0, 0.05) is 22.1 Å². The fourth-order valence-electron chi connectivity index (χ4n) is 7.58. The minimum absolute atomic E-state index is 0.955. The number of fused-ring (bicyclic) bond motifs is 12. The molecule has 0 saturated carbocycles. The summed E-state index contributed by atoms with van der Waals surface area (Å²) in [6.07, 6.45) is 0. The van der Waals surface area contributed by atoms with Gasteiger partial charge in [0.2, 0.25) is 0 Å². The average Bonchev–Trinajstić information content (AvgIpc) is 3.54. The van der Waals surface area contributed by atoms with Gasteiger partial charge in [-0.15, -0.1) is 0 Å². The van der Waals surface area contributed by atoms with Gasteiger partial charge in [-0.25, -0.2) is 4.98 Å². The van der Waals surface area contributed by atoms with Crippen molar-refractivity contribution in [3.05, 3.63) is 164 Å². The van der Waals surface area contributed by atoms with E-state index < -0.39 is 6.04 Å². The van der Waals surface area contributed by atoms with Crippen LogP contribution in [0.15, 0.2) is 164 Å². The van der Waals surface area contributed by atoms with Gasteiger partial charge in [-0.1, -0.05) is 145 Å². The molecule has 220 valence electrons. The maximum Gasteiger partial charge on any atom is 0.147 e. The number of hydrogen-bond acceptors (Lipinski definition) is 2. The molecule has 0 fully saturated rings. The molecule has 2 nitrogen and oxygen atoms in total. The largest absolute Gasteiger partial charge is 0.292 e. The van der Waals surface area contributed by atoms with E-state index in [2.05, 4.69) is 168 Å². The summed E-state index contributed by atoms with van der Waals surface area (Å²) >= 11 is 7.22. The van der Waals surface area contributed by atoms with Crippen LogP contribution in [-0.4, -0.2) is 9.38 Å². The quantitative estimate of drug-likeness (QED) is 0.142. The molecule has 0 saturated heterocycles. The van der Waals surface area contributed by atoms with Crippen LogP contribution in [0.2, 0.25) is 0 Å². The summed E-state index contributed by atoms with van der Waals surface area (Å²) in [5.41, 5.74) is 4.19. The molecule has 47 heavy (non-hydrogen) atoms. The van der Waals surface area contributed by atoms with Gasteiger partial charge in [0.15, 0.2) is 0 Å². The molecule has 10 aromatic rings. The summed E-state index contributed by atoms with van der Waals surface area (Å²) in [6, 6.07) is 56.7. The van der Waals surface area contributed by atoms with Crippen LogP contribution >= 0.6 is 6.04 Å². The Morgan fingerprint density at radius 1 is 0.447 bits per heavy atom. The standard InChI is InChI=1S/C43H27N2PS/c47-46(32-24-22-28-10-1-2-12-31(28)26-32,33-25-23-30-21-20-29-11-3-4-13-34(29)37(30)27-33)41-19-9-15-36-35-14-5-7-17-39(35)45-40-18-8-6-16-38(40)44-43(45)42(36)41/h1-27H. The molecule has 10 rings (SSSR count). The molecule has 0 spiro atoms. The summed E-state index contributed by atoms with van der Waals surface area (Å²) in [6.45, 7) is 0. The molecule has 4 heteroatoms. The molecule has 0 aliphatic carbocycles. The minimum Gasteiger partial charge on any atom is -0.292 e. The number of para-hydroxylation sites is 3. The minimum atomic E-state index is -2.65. The predicted octanol–water partition coefficient (Wildman–Crippen LogP) is 10.0. The maximum atomic E-state index is 7.22. The molecule has 1 atom stereocenters. The number of nitrogens with zero attached hydrogens (tertiary/aromatic N) is 2. The highest BCUT2D eigenvalue weighted by atomic mass is 32.4. The molecule has 0 N–H and O–H groups in total. The first-order valence-electron chi connectivity index (χ1n) is 15.9. The third-order valence-electron chi connectivity index (χ3n) is 9.79. The number of hydrogen-bond donors (Lipinski definition) is 0. The van der Waals surface area contributed by atoms with E-state index in [1.165, 1.54) is 59.0 Å². The molecule has 0 aliphatic rings. The van der Waals surface area contributed by atoms with Crippen LogP contribution in [-0.2, 0) is 11.8 Å². The first-order chi connectivity index (χ1) is 23.2. The molecule has 8 aromatic carbocycles. The van der Waals surface area contributed by atoms with Crippen LogP contribution < -0.4 is 15.9 Å². The fraction of sp³-hybridized carbons (Fsp3) is 0. The Morgan fingerprint density at radius 3 is 1.89 bits per heavy atom. The Hall–Kier alpha value is -5.34. The van der Waals surface area contributed by atoms with Crippen molar-refractivity contribution in [1.82, 2.24) is 9.38 Å². The van der Waals surface area contributed by atoms with E-state index in [1.54, 1.807) is 0 Å². The Bertz CT molecular complexity index is 2960. The summed E-state index contributed by atoms with van der Waals surface area (Å²) < 4.78 is 2.34. The smallest absolute Gasteiger partial charge is 0.147 e. The molecule has 0 amide bonds. The zero-order chi connectivity index (χ0) is 31.1. The van der Waals surface area contributed by atoms with Crippen molar-refractivity contribution in [3.63, 3.8) is 0 Å². The van der Waals surface area contributed by atoms with Crippen LogP contribution in [0.4, 0.5) is 0 Å². The van der Waals surface area contributed by atoms with Crippen LogP contribution in [0.3, 0.4) is 0 Å². The van der Waals surface area contributed by atoms with Crippen molar-refractivity contribution in [2.75, 3.05) is 0 Å². The molecule has 2 heterocycles. The van der Waals surface area contributed by atoms with Gasteiger partial charge in [-0.3, -0.25) is 4.40 Å². The summed E-state index contributed by atoms with van der Waals surface area (Å²) in [7, 11) is 0. The lowest BCUT2D eigenvalue weighted by Gasteiger charge is -2.27. The maximum absolute atomic E-state index is 7.22. The lowest BCUT2D eigenvalue weighted by Crippen LogP contribution is -2.26. The first-order valence-corrected chi connectivity index (χ1v) is 18.7. The number of aromatic nitrogens is 2. The monoisotopic (exact) mass is 634 g/mol. The number of imidazole rings is 1. The van der Waals surface area contributed by atoms with Crippen molar-refractivity contribution < 1.29 is 0 Å². The number of benzene rings is 8. The zero-order valence-corrected chi connectivity index (χ0v) is 27.0. The zero-order valence-electron chi connectivity index (χ0n) is 25.3. The first kappa shape index (κ1) is 26.8. The van der Waals surface area contributed by atoms with Gasteiger partial charge in [0.1, 0.15) is 5.65 Å². The summed E-state index contributed by atoms with van der Waals surface area (Å²) in [5, 5.41) is 14.4. The molecular formula is C43H27N2PS. The summed E-state index contributed by atoms with van der Waals surface area (Å²) in [4.78, 5) is 5.33. The molecule has 1 unspecified atom stereocenters. The van der Waals surface area contributed by atoms with Crippen LogP contribution in [0, 0.1) is 0 Å². The molecule has 2 aromatic heterocycles. The highest BCUT2D eigenvalue weighted by Crippen LogP contribution is 2.48. The van der Waals surface area contributed by atoms with Crippen LogP contribution in [0.1, 0.15) is 0 Å². The van der Waals surface area contributed by atoms with Crippen LogP contribution in [0.25, 0.3) is 70.7 Å². The van der Waals surface area contributed by atoms with E-state index in [4.69, 9.17) is 16.8 Å². The molecular weight excluding hydrogens is 608 g/mol. The van der Waals surface area contributed by atoms with Gasteiger partial charge >= 0.3 is 0 Å². The van der Waals surface area contributed by atoms with E-state index in [1.807, 2.05) is 0 Å². The second kappa shape index (κ2) is 10.1. The van der Waals surface area contributed by atoms with Gasteiger partial charge in [-0.2, -0.15) is 0 Å². The van der Waals surface area contributed by atoms with Gasteiger partial charge < -0.3 is 0 Å². The van der Waals surface area contributed by atoms with Crippen molar-refractivity contribution in [1.29, 1.82) is 0 Å². The Labute approximate surface area is 276 Å². The Morgan fingerprint density at radius 2 is 1.04 bits per heavy atom. The molecule has 0 aliphatic heterocycles. The van der Waals surface area contributed by atoms with E-state index in [-0.39, 0.29) is 0 Å². The molecule has 0 radical (unpaired) electrons. The highest BCUT2D eigenvalue weighted by Gasteiger charge is 2.30. The van der Waals surface area contributed by atoms with Crippen molar-refractivity contribution >= 4 is 104 Å². The highest BCUT2D eigenvalue weighted by molar-refractivity contribution is 8.25. The van der Waals surface area contributed by atoms with E-state index >= 15 is 0 Å². The topological polar surface area (TPSA) is 17.3 Å². The van der Waals surface area contributed by atoms with E-state index in [0.29, 0.717) is 0 Å². The van der Waals surface area contributed by atoms with Gasteiger partial charge in [0.25, 0.3) is 0 Å². The van der Waals surface area contributed by atoms with E-state index in [0.717, 1.165) is 27.6 Å². The Balaban J connectivity index is 1.40. The van der Waals surface area contributed by atoms with Gasteiger partial charge in [-0.05, 0) is 78.6 Å². The van der Waals surface area contributed by atoms with Crippen LogP contribution in [0.5, 0.6) is 0 Å². The Kier molecular flexibility index (Phi) is 5.75. The number of rotatable bonds is 3. The third kappa shape index (κ3) is 3.85. The van der Waals surface area contributed by atoms with Crippen molar-refractivity contribution in [2.24, 2.45) is 0 Å².